The molecule has 1 aromatic heterocycles. The lowest BCUT2D eigenvalue weighted by Crippen LogP contribution is -2.24. The highest BCUT2D eigenvalue weighted by molar-refractivity contribution is 5.29. The zero-order valence-electron chi connectivity index (χ0n) is 12.4. The Hall–Kier alpha value is -1.85. The van der Waals surface area contributed by atoms with Crippen molar-refractivity contribution in [3.05, 3.63) is 33.4 Å². The van der Waals surface area contributed by atoms with E-state index in [9.17, 15) is 15.3 Å². The average molecular weight is 281 g/mol. The minimum atomic E-state index is -0.468. The van der Waals surface area contributed by atoms with Crippen LogP contribution in [0.4, 0.5) is 5.69 Å². The van der Waals surface area contributed by atoms with Gasteiger partial charge in [-0.05, 0) is 19.8 Å². The number of nitrogens with zero attached hydrogens (tertiary/aromatic N) is 3. The molecular weight excluding hydrogens is 258 g/mol. The molecule has 1 aromatic rings. The van der Waals surface area contributed by atoms with Gasteiger partial charge in [-0.15, -0.1) is 0 Å². The molecule has 0 aliphatic rings. The molecule has 20 heavy (non-hydrogen) atoms. The summed E-state index contributed by atoms with van der Waals surface area (Å²) < 4.78 is 0.912. The third-order valence-corrected chi connectivity index (χ3v) is 3.32. The van der Waals surface area contributed by atoms with Gasteiger partial charge in [0.25, 0.3) is 5.69 Å². The minimum absolute atomic E-state index is 0.0463. The molecule has 0 saturated carbocycles. The van der Waals surface area contributed by atoms with E-state index >= 15 is 0 Å². The molecular formula is C14H23N3O3. The average Bonchev–Trinajstić information content (AvgIpc) is 2.42. The number of nitro groups is 1. The minimum Gasteiger partial charge on any atom is -0.427 e. The van der Waals surface area contributed by atoms with Crippen LogP contribution in [0.25, 0.3) is 0 Å². The van der Waals surface area contributed by atoms with Crippen molar-refractivity contribution in [3.63, 3.8) is 0 Å². The van der Waals surface area contributed by atoms with Crippen LogP contribution >= 0.6 is 0 Å². The van der Waals surface area contributed by atoms with Crippen LogP contribution in [0.2, 0.25) is 0 Å². The van der Waals surface area contributed by atoms with Gasteiger partial charge in [0.05, 0.1) is 22.7 Å². The largest absolute Gasteiger partial charge is 0.427 e. The third-order valence-electron chi connectivity index (χ3n) is 3.32. The van der Waals surface area contributed by atoms with Crippen LogP contribution in [-0.4, -0.2) is 20.9 Å². The number of rotatable bonds is 7. The quantitative estimate of drug-likeness (QED) is 0.360. The van der Waals surface area contributed by atoms with Gasteiger partial charge in [-0.2, -0.15) is 4.73 Å². The Morgan fingerprint density at radius 1 is 1.40 bits per heavy atom. The molecule has 1 atom stereocenters. The van der Waals surface area contributed by atoms with E-state index in [1.54, 1.807) is 6.92 Å². The molecule has 112 valence electrons. The maximum Gasteiger partial charge on any atom is 0.275 e. The number of aryl methyl sites for hydroxylation is 1. The standard InChI is InChI=1S/C14H23N3O3/c1-4-6-7-8-12(5-2)15-14-10-13(17(19)20)9-11(3)16(14)18/h9-10,12,18H,4-8H2,1-3H3. The molecule has 0 aliphatic carbocycles. The molecule has 0 bridgehead atoms. The highest BCUT2D eigenvalue weighted by Crippen LogP contribution is 2.11. The van der Waals surface area contributed by atoms with Crippen molar-refractivity contribution < 1.29 is 10.1 Å². The third kappa shape index (κ3) is 4.36. The Kier molecular flexibility index (Phi) is 6.21. The molecule has 0 spiro atoms. The molecule has 0 aromatic carbocycles. The molecule has 0 aliphatic heterocycles. The number of hydrogen-bond acceptors (Lipinski definition) is 4. The Balaban J connectivity index is 3.08. The fourth-order valence-corrected chi connectivity index (χ4v) is 2.07. The maximum absolute atomic E-state index is 10.9. The zero-order valence-corrected chi connectivity index (χ0v) is 12.4. The first-order valence-corrected chi connectivity index (χ1v) is 7.10. The Morgan fingerprint density at radius 2 is 2.10 bits per heavy atom. The van der Waals surface area contributed by atoms with Crippen molar-refractivity contribution >= 4 is 5.69 Å². The first-order chi connectivity index (χ1) is 9.49. The molecule has 0 fully saturated rings. The monoisotopic (exact) mass is 281 g/mol. The number of aromatic nitrogens is 1. The Labute approximate surface area is 118 Å². The topological polar surface area (TPSA) is 80.7 Å². The lowest BCUT2D eigenvalue weighted by Gasteiger charge is -2.10. The molecule has 6 heteroatoms. The van der Waals surface area contributed by atoms with Gasteiger partial charge in [0.15, 0.2) is 5.49 Å². The van der Waals surface area contributed by atoms with Crippen molar-refractivity contribution in [2.24, 2.45) is 4.99 Å². The fourth-order valence-electron chi connectivity index (χ4n) is 2.07. The van der Waals surface area contributed by atoms with Gasteiger partial charge in [-0.3, -0.25) is 15.1 Å². The molecule has 6 nitrogen and oxygen atoms in total. The first kappa shape index (κ1) is 16.2. The van der Waals surface area contributed by atoms with E-state index in [4.69, 9.17) is 0 Å². The SMILES string of the molecule is CCCCCC(CC)N=c1cc([N+](=O)[O-])cc(C)n1O. The van der Waals surface area contributed by atoms with Crippen LogP contribution in [0.15, 0.2) is 17.1 Å². The highest BCUT2D eigenvalue weighted by atomic mass is 16.6. The second-order valence-electron chi connectivity index (χ2n) is 4.97. The maximum atomic E-state index is 10.9. The van der Waals surface area contributed by atoms with Gasteiger partial charge in [0.1, 0.15) is 0 Å². The van der Waals surface area contributed by atoms with E-state index in [0.29, 0.717) is 5.69 Å². The van der Waals surface area contributed by atoms with Crippen LogP contribution in [0.1, 0.15) is 51.6 Å². The van der Waals surface area contributed by atoms with Crippen molar-refractivity contribution in [2.45, 2.75) is 58.9 Å². The van der Waals surface area contributed by atoms with E-state index in [1.165, 1.54) is 12.1 Å². The number of pyridine rings is 1. The van der Waals surface area contributed by atoms with Crippen LogP contribution in [-0.2, 0) is 0 Å². The van der Waals surface area contributed by atoms with Crippen LogP contribution in [0, 0.1) is 17.0 Å². The molecule has 0 saturated heterocycles. The summed E-state index contributed by atoms with van der Waals surface area (Å²) in [7, 11) is 0. The molecule has 1 unspecified atom stereocenters. The smallest absolute Gasteiger partial charge is 0.275 e. The van der Waals surface area contributed by atoms with Crippen molar-refractivity contribution in [3.8, 4) is 0 Å². The summed E-state index contributed by atoms with van der Waals surface area (Å²) in [5.41, 5.74) is 0.608. The summed E-state index contributed by atoms with van der Waals surface area (Å²) >= 11 is 0. The molecule has 0 radical (unpaired) electrons. The van der Waals surface area contributed by atoms with E-state index in [2.05, 4.69) is 11.9 Å². The summed E-state index contributed by atoms with van der Waals surface area (Å²) in [6.45, 7) is 5.79. The van der Waals surface area contributed by atoms with Gasteiger partial charge in [-0.1, -0.05) is 33.1 Å². The summed E-state index contributed by atoms with van der Waals surface area (Å²) in [5.74, 6) is 0. The lowest BCUT2D eigenvalue weighted by atomic mass is 10.1. The molecule has 0 amide bonds. The summed E-state index contributed by atoms with van der Waals surface area (Å²) in [6, 6.07) is 2.73. The van der Waals surface area contributed by atoms with Gasteiger partial charge in [0, 0.05) is 6.07 Å². The second kappa shape index (κ2) is 7.67. The predicted molar refractivity (Wildman–Crippen MR) is 76.8 cm³/mol. The van der Waals surface area contributed by atoms with Crippen LogP contribution < -0.4 is 5.49 Å². The van der Waals surface area contributed by atoms with Crippen molar-refractivity contribution in [1.29, 1.82) is 0 Å². The van der Waals surface area contributed by atoms with E-state index in [0.717, 1.165) is 36.8 Å². The number of unbranched alkanes of at least 4 members (excludes halogenated alkanes) is 2. The van der Waals surface area contributed by atoms with Crippen LogP contribution in [0.3, 0.4) is 0 Å². The van der Waals surface area contributed by atoms with Gasteiger partial charge in [-0.25, -0.2) is 0 Å². The molecule has 1 heterocycles. The summed E-state index contributed by atoms with van der Waals surface area (Å²) in [5, 5.41) is 20.8. The number of hydrogen-bond donors (Lipinski definition) is 1. The van der Waals surface area contributed by atoms with Gasteiger partial charge < -0.3 is 5.21 Å². The van der Waals surface area contributed by atoms with Gasteiger partial charge >= 0.3 is 0 Å². The normalized spacial score (nSPS) is 13.4. The Morgan fingerprint density at radius 3 is 2.65 bits per heavy atom. The van der Waals surface area contributed by atoms with Crippen LogP contribution in [0.5, 0.6) is 0 Å². The summed E-state index contributed by atoms with van der Waals surface area (Å²) in [6.07, 6.45) is 5.17. The second-order valence-corrected chi connectivity index (χ2v) is 4.97. The molecule has 1 rings (SSSR count). The van der Waals surface area contributed by atoms with Crippen molar-refractivity contribution in [2.75, 3.05) is 0 Å². The fraction of sp³-hybridized carbons (Fsp3) is 0.643. The zero-order chi connectivity index (χ0) is 15.1. The first-order valence-electron chi connectivity index (χ1n) is 7.10. The lowest BCUT2D eigenvalue weighted by molar-refractivity contribution is -0.385. The summed E-state index contributed by atoms with van der Waals surface area (Å²) in [4.78, 5) is 14.8. The molecule has 1 N–H and O–H groups in total. The van der Waals surface area contributed by atoms with E-state index in [-0.39, 0.29) is 17.2 Å². The highest BCUT2D eigenvalue weighted by Gasteiger charge is 2.11. The van der Waals surface area contributed by atoms with E-state index in [1.807, 2.05) is 6.92 Å². The van der Waals surface area contributed by atoms with Gasteiger partial charge in [0.2, 0.25) is 0 Å². The van der Waals surface area contributed by atoms with Crippen molar-refractivity contribution in [1.82, 2.24) is 4.73 Å². The Bertz CT molecular complexity index is 523. The predicted octanol–water partition coefficient (Wildman–Crippen LogP) is 3.20. The van der Waals surface area contributed by atoms with E-state index < -0.39 is 4.92 Å².